The molecule has 3 nitrogen and oxygen atoms in total. The molecule has 0 unspecified atom stereocenters. The summed E-state index contributed by atoms with van der Waals surface area (Å²) >= 11 is 0. The van der Waals surface area contributed by atoms with Crippen molar-refractivity contribution in [3.8, 4) is 0 Å². The number of hydrogen-bond acceptors (Lipinski definition) is 3. The monoisotopic (exact) mass is 416 g/mol. The summed E-state index contributed by atoms with van der Waals surface area (Å²) in [6, 6.07) is 12.9. The van der Waals surface area contributed by atoms with Crippen LogP contribution in [0.5, 0.6) is 0 Å². The second-order valence-electron chi connectivity index (χ2n) is 8.92. The summed E-state index contributed by atoms with van der Waals surface area (Å²) in [6.07, 6.45) is 12.0. The van der Waals surface area contributed by atoms with Crippen LogP contribution in [-0.4, -0.2) is 0 Å². The van der Waals surface area contributed by atoms with Gasteiger partial charge in [0, 0.05) is 46.5 Å². The molecule has 0 bridgehead atoms. The molecular formula is C28H32O3. The van der Waals surface area contributed by atoms with Crippen molar-refractivity contribution in [3.63, 3.8) is 0 Å². The maximum atomic E-state index is 6.19. The summed E-state index contributed by atoms with van der Waals surface area (Å²) in [6.45, 7) is 4.48. The van der Waals surface area contributed by atoms with Crippen LogP contribution in [0.3, 0.4) is 0 Å². The minimum Gasteiger partial charge on any atom is -0.461 e. The van der Waals surface area contributed by atoms with E-state index in [1.807, 2.05) is 12.1 Å². The molecule has 0 radical (unpaired) electrons. The number of hydrogen-bond donors (Lipinski definition) is 0. The van der Waals surface area contributed by atoms with Crippen molar-refractivity contribution in [2.24, 2.45) is 0 Å². The Morgan fingerprint density at radius 1 is 0.484 bits per heavy atom. The Kier molecular flexibility index (Phi) is 5.76. The van der Waals surface area contributed by atoms with Crippen LogP contribution in [0.25, 0.3) is 43.9 Å². The molecule has 0 N–H and O–H groups in total. The first-order chi connectivity index (χ1) is 15.2. The number of benzene rings is 2. The molecule has 0 aliphatic rings. The summed E-state index contributed by atoms with van der Waals surface area (Å²) in [5.74, 6) is 2.15. The third-order valence-electron chi connectivity index (χ3n) is 6.40. The van der Waals surface area contributed by atoms with Gasteiger partial charge in [0.25, 0.3) is 0 Å². The first-order valence-corrected chi connectivity index (χ1v) is 12.1. The van der Waals surface area contributed by atoms with E-state index in [0.717, 1.165) is 68.2 Å². The van der Waals surface area contributed by atoms with Crippen LogP contribution in [0.4, 0.5) is 0 Å². The molecule has 0 saturated heterocycles. The third-order valence-corrected chi connectivity index (χ3v) is 6.40. The lowest BCUT2D eigenvalue weighted by Gasteiger charge is -1.95. The van der Waals surface area contributed by atoms with Crippen LogP contribution in [0.15, 0.2) is 49.6 Å². The number of aryl methyl sites for hydroxylation is 2. The number of fused-ring (bicyclic) bond motifs is 5. The predicted molar refractivity (Wildman–Crippen MR) is 129 cm³/mol. The molecule has 0 saturated carbocycles. The van der Waals surface area contributed by atoms with Crippen LogP contribution in [0.2, 0.25) is 0 Å². The van der Waals surface area contributed by atoms with Crippen LogP contribution in [0.1, 0.15) is 76.7 Å². The van der Waals surface area contributed by atoms with Gasteiger partial charge in [-0.3, -0.25) is 0 Å². The minimum absolute atomic E-state index is 0.877. The summed E-state index contributed by atoms with van der Waals surface area (Å²) in [4.78, 5) is 0. The van der Waals surface area contributed by atoms with E-state index >= 15 is 0 Å². The molecule has 162 valence electrons. The van der Waals surface area contributed by atoms with Gasteiger partial charge in [0.1, 0.15) is 33.9 Å². The standard InChI is InChI=1S/C28H32O3/c1-3-5-7-9-11-21-13-19-15-23-24-16-20-14-22(12-10-8-6-4-2)30-26(20)18-28(24)31-27(23)17-25(19)29-21/h13-18H,3-12H2,1-2H3. The average Bonchev–Trinajstić information content (AvgIpc) is 3.44. The van der Waals surface area contributed by atoms with Gasteiger partial charge in [-0.1, -0.05) is 52.4 Å². The summed E-state index contributed by atoms with van der Waals surface area (Å²) < 4.78 is 18.4. The molecule has 5 aromatic rings. The van der Waals surface area contributed by atoms with Crippen molar-refractivity contribution in [1.82, 2.24) is 0 Å². The normalized spacial score (nSPS) is 12.2. The van der Waals surface area contributed by atoms with Gasteiger partial charge in [0.05, 0.1) is 0 Å². The Labute approximate surface area is 183 Å². The van der Waals surface area contributed by atoms with E-state index < -0.39 is 0 Å². The van der Waals surface area contributed by atoms with E-state index in [9.17, 15) is 0 Å². The van der Waals surface area contributed by atoms with E-state index in [1.165, 1.54) is 51.4 Å². The fourth-order valence-corrected chi connectivity index (χ4v) is 4.65. The van der Waals surface area contributed by atoms with E-state index in [4.69, 9.17) is 13.3 Å². The van der Waals surface area contributed by atoms with Crippen LogP contribution in [-0.2, 0) is 12.8 Å². The average molecular weight is 417 g/mol. The van der Waals surface area contributed by atoms with Crippen molar-refractivity contribution in [1.29, 1.82) is 0 Å². The van der Waals surface area contributed by atoms with Gasteiger partial charge in [-0.25, -0.2) is 0 Å². The molecule has 0 atom stereocenters. The Morgan fingerprint density at radius 3 is 1.42 bits per heavy atom. The highest BCUT2D eigenvalue weighted by Gasteiger charge is 2.14. The smallest absolute Gasteiger partial charge is 0.139 e. The Bertz CT molecular complexity index is 1210. The lowest BCUT2D eigenvalue weighted by molar-refractivity contribution is 0.526. The van der Waals surface area contributed by atoms with Crippen molar-refractivity contribution in [3.05, 3.63) is 47.9 Å². The molecular weight excluding hydrogens is 384 g/mol. The first-order valence-electron chi connectivity index (χ1n) is 12.1. The zero-order chi connectivity index (χ0) is 21.2. The number of unbranched alkanes of at least 4 members (excludes halogenated alkanes) is 6. The van der Waals surface area contributed by atoms with E-state index in [-0.39, 0.29) is 0 Å². The van der Waals surface area contributed by atoms with Gasteiger partial charge >= 0.3 is 0 Å². The summed E-state index contributed by atoms with van der Waals surface area (Å²) in [5.41, 5.74) is 3.58. The molecule has 2 aromatic carbocycles. The number of rotatable bonds is 10. The second kappa shape index (κ2) is 8.82. The zero-order valence-corrected chi connectivity index (χ0v) is 18.8. The van der Waals surface area contributed by atoms with Gasteiger partial charge < -0.3 is 13.3 Å². The zero-order valence-electron chi connectivity index (χ0n) is 18.8. The summed E-state index contributed by atoms with van der Waals surface area (Å²) in [5, 5.41) is 4.61. The Hall–Kier alpha value is -2.68. The van der Waals surface area contributed by atoms with Crippen molar-refractivity contribution in [2.45, 2.75) is 78.1 Å². The highest BCUT2D eigenvalue weighted by atomic mass is 16.4. The molecule has 3 heterocycles. The van der Waals surface area contributed by atoms with Crippen molar-refractivity contribution >= 4 is 43.9 Å². The lowest BCUT2D eigenvalue weighted by atomic mass is 10.1. The Balaban J connectivity index is 1.44. The largest absolute Gasteiger partial charge is 0.461 e. The van der Waals surface area contributed by atoms with Crippen molar-refractivity contribution in [2.75, 3.05) is 0 Å². The van der Waals surface area contributed by atoms with Crippen LogP contribution < -0.4 is 0 Å². The number of furan rings is 3. The third kappa shape index (κ3) is 4.11. The molecule has 0 aliphatic heterocycles. The van der Waals surface area contributed by atoms with E-state index in [0.29, 0.717) is 0 Å². The summed E-state index contributed by atoms with van der Waals surface area (Å²) in [7, 11) is 0. The Morgan fingerprint density at radius 2 is 0.968 bits per heavy atom. The van der Waals surface area contributed by atoms with E-state index in [1.54, 1.807) is 0 Å². The molecule has 0 fully saturated rings. The fraction of sp³-hybridized carbons (Fsp3) is 0.429. The van der Waals surface area contributed by atoms with E-state index in [2.05, 4.69) is 38.1 Å². The molecule has 5 rings (SSSR count). The maximum absolute atomic E-state index is 6.19. The quantitative estimate of drug-likeness (QED) is 0.213. The van der Waals surface area contributed by atoms with Gasteiger partial charge in [-0.15, -0.1) is 0 Å². The van der Waals surface area contributed by atoms with Gasteiger partial charge in [0.15, 0.2) is 0 Å². The van der Waals surface area contributed by atoms with Crippen LogP contribution in [0, 0.1) is 0 Å². The second-order valence-corrected chi connectivity index (χ2v) is 8.92. The topological polar surface area (TPSA) is 39.4 Å². The molecule has 0 aliphatic carbocycles. The molecule has 31 heavy (non-hydrogen) atoms. The fourth-order valence-electron chi connectivity index (χ4n) is 4.65. The molecule has 3 heteroatoms. The highest BCUT2D eigenvalue weighted by Crippen LogP contribution is 2.36. The lowest BCUT2D eigenvalue weighted by Crippen LogP contribution is -1.81. The molecule has 3 aromatic heterocycles. The SMILES string of the molecule is CCCCCCc1cc2cc3c(cc2o1)oc1cc2oc(CCCCCC)cc2cc13. The maximum Gasteiger partial charge on any atom is 0.139 e. The first kappa shape index (κ1) is 20.2. The molecule has 0 amide bonds. The van der Waals surface area contributed by atoms with Gasteiger partial charge in [-0.2, -0.15) is 0 Å². The minimum atomic E-state index is 0.877. The van der Waals surface area contributed by atoms with Crippen molar-refractivity contribution < 1.29 is 13.3 Å². The highest BCUT2D eigenvalue weighted by molar-refractivity contribution is 6.12. The van der Waals surface area contributed by atoms with Crippen LogP contribution >= 0.6 is 0 Å². The predicted octanol–water partition coefficient (Wildman–Crippen LogP) is 9.32. The van der Waals surface area contributed by atoms with Gasteiger partial charge in [-0.05, 0) is 37.1 Å². The van der Waals surface area contributed by atoms with Gasteiger partial charge in [0.2, 0.25) is 0 Å². The molecule has 0 spiro atoms.